The van der Waals surface area contributed by atoms with Crippen molar-refractivity contribution >= 4 is 25.6 Å². The van der Waals surface area contributed by atoms with Gasteiger partial charge in [-0.25, -0.2) is 4.57 Å². The van der Waals surface area contributed by atoms with E-state index in [1.54, 1.807) is 0 Å². The molecule has 0 saturated carbocycles. The molecule has 20 nitrogen and oxygen atoms in total. The molecule has 0 aromatic carbocycles. The quantitative estimate of drug-likeness (QED) is 0.0171. The number of amides is 2. The van der Waals surface area contributed by atoms with E-state index in [9.17, 15) is 54.3 Å². The van der Waals surface area contributed by atoms with Crippen LogP contribution in [0.1, 0.15) is 226 Å². The van der Waals surface area contributed by atoms with E-state index in [0.717, 1.165) is 77.0 Å². The predicted octanol–water partition coefficient (Wildman–Crippen LogP) is 6.77. The first-order valence-electron chi connectivity index (χ1n) is 29.2. The number of carbonyl (C=O) groups excluding carboxylic acids is 3. The number of hydrogen-bond acceptors (Lipinski definition) is 16. The molecule has 2 rings (SSSR count). The average molecular weight is 1100 g/mol. The van der Waals surface area contributed by atoms with Crippen LogP contribution in [-0.2, 0) is 47.2 Å². The summed E-state index contributed by atoms with van der Waals surface area (Å²) < 4.78 is 46.4. The Labute approximate surface area is 449 Å². The van der Waals surface area contributed by atoms with Gasteiger partial charge in [0.05, 0.1) is 38.8 Å². The van der Waals surface area contributed by atoms with Gasteiger partial charge in [0.15, 0.2) is 12.6 Å². The van der Waals surface area contributed by atoms with E-state index >= 15 is 0 Å². The number of carbonyl (C=O) groups is 3. The Bertz CT molecular complexity index is 1520. The van der Waals surface area contributed by atoms with Crippen molar-refractivity contribution in [2.24, 2.45) is 5.73 Å². The van der Waals surface area contributed by atoms with Gasteiger partial charge >= 0.3 is 13.8 Å². The summed E-state index contributed by atoms with van der Waals surface area (Å²) in [5, 5.41) is 60.4. The van der Waals surface area contributed by atoms with E-state index in [4.69, 9.17) is 33.9 Å². The Morgan fingerprint density at radius 1 is 0.587 bits per heavy atom. The summed E-state index contributed by atoms with van der Waals surface area (Å²) in [5.41, 5.74) is 5.70. The van der Waals surface area contributed by atoms with Crippen molar-refractivity contribution in [1.82, 2.24) is 10.6 Å². The van der Waals surface area contributed by atoms with Crippen LogP contribution in [-0.4, -0.2) is 153 Å². The Morgan fingerprint density at radius 2 is 1.03 bits per heavy atom. The van der Waals surface area contributed by atoms with E-state index in [2.05, 4.69) is 31.4 Å². The number of nitrogens with one attached hydrogen (secondary N) is 2. The monoisotopic (exact) mass is 1100 g/mol. The van der Waals surface area contributed by atoms with Crippen molar-refractivity contribution in [1.29, 1.82) is 0 Å². The maximum absolute atomic E-state index is 13.9. The number of phosphoric acid groups is 1. The number of unbranched alkanes of at least 4 members (excludes halogenated alkanes) is 24. The van der Waals surface area contributed by atoms with Crippen molar-refractivity contribution in [3.8, 4) is 0 Å². The molecule has 75 heavy (non-hydrogen) atoms. The second-order valence-corrected chi connectivity index (χ2v) is 22.2. The summed E-state index contributed by atoms with van der Waals surface area (Å²) in [6.07, 6.45) is 14.5. The third kappa shape index (κ3) is 30.9. The fourth-order valence-corrected chi connectivity index (χ4v) is 10.4. The van der Waals surface area contributed by atoms with Gasteiger partial charge in [0.1, 0.15) is 54.8 Å². The molecule has 0 bridgehead atoms. The van der Waals surface area contributed by atoms with E-state index < -0.39 is 112 Å². The van der Waals surface area contributed by atoms with E-state index in [1.807, 2.05) is 0 Å². The molecule has 0 aliphatic carbocycles. The smallest absolute Gasteiger partial charge is 0.462 e. The van der Waals surface area contributed by atoms with Crippen LogP contribution >= 0.6 is 7.82 Å². The van der Waals surface area contributed by atoms with Gasteiger partial charge in [-0.2, -0.15) is 0 Å². The Hall–Kier alpha value is -1.88. The summed E-state index contributed by atoms with van der Waals surface area (Å²) in [6, 6.07) is -2.92. The first kappa shape index (κ1) is 69.2. The number of aliphatic hydroxyl groups is 5. The highest BCUT2D eigenvalue weighted by Crippen LogP contribution is 2.41. The summed E-state index contributed by atoms with van der Waals surface area (Å²) in [5.74, 6) is -1.76. The molecule has 2 aliphatic heterocycles. The molecule has 2 aliphatic rings. The normalized spacial score (nSPS) is 24.9. The van der Waals surface area contributed by atoms with Gasteiger partial charge in [-0.15, -0.1) is 0 Å². The van der Waals surface area contributed by atoms with Crippen LogP contribution in [0, 0.1) is 0 Å². The zero-order valence-electron chi connectivity index (χ0n) is 46.1. The van der Waals surface area contributed by atoms with Crippen LogP contribution in [0.4, 0.5) is 0 Å². The van der Waals surface area contributed by atoms with Crippen LogP contribution in [0.25, 0.3) is 0 Å². The molecule has 442 valence electrons. The molecule has 0 unspecified atom stereocenters. The lowest BCUT2D eigenvalue weighted by molar-refractivity contribution is -0.302. The lowest BCUT2D eigenvalue weighted by atomic mass is 9.95. The second-order valence-electron chi connectivity index (χ2n) is 21.0. The van der Waals surface area contributed by atoms with E-state index in [1.165, 1.54) is 83.5 Å². The first-order valence-corrected chi connectivity index (χ1v) is 30.7. The molecule has 12 atom stereocenters. The van der Waals surface area contributed by atoms with Crippen molar-refractivity contribution in [2.45, 2.75) is 300 Å². The van der Waals surface area contributed by atoms with Crippen LogP contribution in [0.5, 0.6) is 0 Å². The maximum Gasteiger partial charge on any atom is 0.470 e. The molecule has 2 amide bonds. The number of ether oxygens (including phenoxy) is 5. The molecule has 2 fully saturated rings. The van der Waals surface area contributed by atoms with Gasteiger partial charge < -0.3 is 75.4 Å². The molecule has 2 heterocycles. The fourth-order valence-electron chi connectivity index (χ4n) is 9.80. The van der Waals surface area contributed by atoms with Crippen LogP contribution < -0.4 is 16.4 Å². The number of nitrogens with two attached hydrogens (primary N) is 1. The second kappa shape index (κ2) is 42.1. The largest absolute Gasteiger partial charge is 0.470 e. The molecule has 0 aromatic rings. The predicted molar refractivity (Wildman–Crippen MR) is 285 cm³/mol. The van der Waals surface area contributed by atoms with Crippen molar-refractivity contribution < 1.29 is 82.5 Å². The number of hydrogen-bond donors (Lipinski definition) is 10. The Morgan fingerprint density at radius 3 is 1.52 bits per heavy atom. The number of esters is 1. The lowest BCUT2D eigenvalue weighted by Gasteiger charge is -2.45. The maximum atomic E-state index is 13.9. The standard InChI is InChI=1S/C54H104N3O17P/c1-4-7-10-13-16-19-22-25-28-31-40(59)36-44(60)56-47-50(64)49(63)43(73-53(47)69-35-34-55)39-70-54-48(51(65)52(42(38-58)72-54)74-75(66,67)68)57-45(61)37-41(32-29-26-23-20-17-14-11-8-5-2)71-46(62)33-30-27-24-21-18-15-12-9-6-3/h40-43,47-54,58-59,63-65H,4-39,55H2,1-3H3,(H,56,60)(H,57,61)(H2,66,67,68)/t40-,41-,42-,43-,47-,48-,49-,50-,51-,52-,53+,54-/m1/s1. The van der Waals surface area contributed by atoms with Gasteiger partial charge in [0.25, 0.3) is 0 Å². The van der Waals surface area contributed by atoms with Gasteiger partial charge in [-0.3, -0.25) is 18.9 Å². The lowest BCUT2D eigenvalue weighted by Crippen LogP contribution is -2.67. The average Bonchev–Trinajstić information content (AvgIpc) is 3.36. The highest BCUT2D eigenvalue weighted by Gasteiger charge is 2.51. The SMILES string of the molecule is CCCCCCCCCCCC(=O)O[C@H](CCCCCCCCCCC)CC(=O)N[C@H]1[C@H](OC[C@H]2O[C@H](OCCN)[C@H](NC(=O)C[C@H](O)CCCCCCCCCCC)[C@@H](O)[C@@H]2O)O[C@H](CO)[C@@H](OP(=O)(O)O)[C@@H]1O. The summed E-state index contributed by atoms with van der Waals surface area (Å²) >= 11 is 0. The number of aliphatic hydroxyl groups excluding tert-OH is 5. The van der Waals surface area contributed by atoms with Crippen LogP contribution in [0.15, 0.2) is 0 Å². The first-order chi connectivity index (χ1) is 36.1. The molecule has 2 saturated heterocycles. The molecule has 0 radical (unpaired) electrons. The molecule has 0 aromatic heterocycles. The minimum Gasteiger partial charge on any atom is -0.462 e. The Balaban J connectivity index is 2.17. The summed E-state index contributed by atoms with van der Waals surface area (Å²) in [6.45, 7) is 4.99. The Kier molecular flexibility index (Phi) is 38.8. The molecular weight excluding hydrogens is 994 g/mol. The number of rotatable bonds is 46. The minimum atomic E-state index is -5.31. The molecule has 21 heteroatoms. The topological polar surface area (TPSA) is 315 Å². The van der Waals surface area contributed by atoms with Crippen molar-refractivity contribution in [3.63, 3.8) is 0 Å². The van der Waals surface area contributed by atoms with E-state index in [0.29, 0.717) is 25.7 Å². The van der Waals surface area contributed by atoms with Crippen LogP contribution in [0.3, 0.4) is 0 Å². The molecule has 0 spiro atoms. The van der Waals surface area contributed by atoms with Crippen LogP contribution in [0.2, 0.25) is 0 Å². The zero-order chi connectivity index (χ0) is 55.3. The van der Waals surface area contributed by atoms with Gasteiger partial charge in [0, 0.05) is 13.0 Å². The zero-order valence-corrected chi connectivity index (χ0v) is 47.0. The molecular formula is C54H104N3O17P. The minimum absolute atomic E-state index is 0.0337. The third-order valence-electron chi connectivity index (χ3n) is 14.2. The van der Waals surface area contributed by atoms with Gasteiger partial charge in [0.2, 0.25) is 11.8 Å². The summed E-state index contributed by atoms with van der Waals surface area (Å²) in [7, 11) is -5.31. The molecule has 11 N–H and O–H groups in total. The number of phosphoric ester groups is 1. The van der Waals surface area contributed by atoms with Gasteiger partial charge in [-0.05, 0) is 25.7 Å². The highest BCUT2D eigenvalue weighted by molar-refractivity contribution is 7.46. The third-order valence-corrected chi connectivity index (χ3v) is 14.7. The summed E-state index contributed by atoms with van der Waals surface area (Å²) in [4.78, 5) is 59.7. The highest BCUT2D eigenvalue weighted by atomic mass is 31.2. The van der Waals surface area contributed by atoms with Crippen molar-refractivity contribution in [2.75, 3.05) is 26.4 Å². The fraction of sp³-hybridized carbons (Fsp3) is 0.944. The van der Waals surface area contributed by atoms with Gasteiger partial charge in [-0.1, -0.05) is 181 Å². The van der Waals surface area contributed by atoms with E-state index in [-0.39, 0.29) is 32.4 Å². The van der Waals surface area contributed by atoms with Crippen molar-refractivity contribution in [3.05, 3.63) is 0 Å².